The molecule has 0 heterocycles. The number of nitrogens with zero attached hydrogens (tertiary/aromatic N) is 1. The quantitative estimate of drug-likeness (QED) is 0.787. The van der Waals surface area contributed by atoms with Crippen molar-refractivity contribution in [3.05, 3.63) is 30.3 Å². The third kappa shape index (κ3) is 4.10. The minimum atomic E-state index is -0.704. The Balaban J connectivity index is 1.90. The number of carboxylic acid groups (broad SMARTS) is 1. The van der Waals surface area contributed by atoms with Crippen molar-refractivity contribution in [3.63, 3.8) is 0 Å². The number of hydrogen-bond acceptors (Lipinski definition) is 2. The molecule has 1 fully saturated rings. The predicted molar refractivity (Wildman–Crippen MR) is 68.2 cm³/mol. The third-order valence-corrected chi connectivity index (χ3v) is 3.12. The molecule has 1 aromatic carbocycles. The van der Waals surface area contributed by atoms with Crippen molar-refractivity contribution >= 4 is 11.7 Å². The highest BCUT2D eigenvalue weighted by molar-refractivity contribution is 5.66. The smallest absolute Gasteiger partial charge is 0.303 e. The van der Waals surface area contributed by atoms with Crippen molar-refractivity contribution in [1.82, 2.24) is 0 Å². The average Bonchev–Trinajstić information content (AvgIpc) is 3.12. The molecule has 3 heteroatoms. The normalized spacial score (nSPS) is 14.6. The summed E-state index contributed by atoms with van der Waals surface area (Å²) in [5.74, 6) is 0.115. The molecule has 2 rings (SSSR count). The highest BCUT2D eigenvalue weighted by Gasteiger charge is 2.24. The number of anilines is 1. The summed E-state index contributed by atoms with van der Waals surface area (Å²) in [6, 6.07) is 10.3. The fraction of sp³-hybridized carbons (Fsp3) is 0.500. The van der Waals surface area contributed by atoms with Gasteiger partial charge in [-0.15, -0.1) is 0 Å². The third-order valence-electron chi connectivity index (χ3n) is 3.12. The van der Waals surface area contributed by atoms with Gasteiger partial charge in [0.05, 0.1) is 0 Å². The van der Waals surface area contributed by atoms with Crippen LogP contribution in [0.1, 0.15) is 25.7 Å². The van der Waals surface area contributed by atoms with Crippen LogP contribution in [0.3, 0.4) is 0 Å². The van der Waals surface area contributed by atoms with E-state index >= 15 is 0 Å². The van der Waals surface area contributed by atoms with Crippen LogP contribution in [0.5, 0.6) is 0 Å². The molecule has 1 aliphatic carbocycles. The molecule has 0 unspecified atom stereocenters. The second-order valence-electron chi connectivity index (χ2n) is 4.72. The fourth-order valence-corrected chi connectivity index (χ4v) is 2.00. The Morgan fingerprint density at radius 2 is 2.00 bits per heavy atom. The Morgan fingerprint density at radius 1 is 1.29 bits per heavy atom. The molecule has 3 nitrogen and oxygen atoms in total. The lowest BCUT2D eigenvalue weighted by molar-refractivity contribution is -0.137. The second kappa shape index (κ2) is 5.71. The minimum Gasteiger partial charge on any atom is -0.481 e. The number of carboxylic acids is 1. The summed E-state index contributed by atoms with van der Waals surface area (Å²) in [6.07, 6.45) is 3.62. The van der Waals surface area contributed by atoms with Crippen molar-refractivity contribution in [1.29, 1.82) is 0 Å². The van der Waals surface area contributed by atoms with E-state index in [1.807, 2.05) is 18.2 Å². The molecule has 0 aromatic heterocycles. The van der Waals surface area contributed by atoms with Gasteiger partial charge in [0.25, 0.3) is 0 Å². The molecule has 0 saturated heterocycles. The Morgan fingerprint density at radius 3 is 2.59 bits per heavy atom. The largest absolute Gasteiger partial charge is 0.481 e. The highest BCUT2D eigenvalue weighted by Crippen LogP contribution is 2.31. The molecule has 0 spiro atoms. The van der Waals surface area contributed by atoms with E-state index in [0.29, 0.717) is 0 Å². The lowest BCUT2D eigenvalue weighted by atomic mass is 10.2. The first-order valence-electron chi connectivity index (χ1n) is 6.27. The maximum atomic E-state index is 10.5. The van der Waals surface area contributed by atoms with Gasteiger partial charge in [-0.1, -0.05) is 18.2 Å². The van der Waals surface area contributed by atoms with E-state index in [4.69, 9.17) is 5.11 Å². The zero-order valence-corrected chi connectivity index (χ0v) is 10.0. The van der Waals surface area contributed by atoms with Gasteiger partial charge in [-0.3, -0.25) is 4.79 Å². The molecule has 1 aromatic rings. The topological polar surface area (TPSA) is 40.5 Å². The SMILES string of the molecule is O=C(O)CCCN(CC1CC1)c1ccccc1. The average molecular weight is 233 g/mol. The zero-order chi connectivity index (χ0) is 12.1. The predicted octanol–water partition coefficient (Wildman–Crippen LogP) is 2.77. The van der Waals surface area contributed by atoms with Crippen molar-refractivity contribution in [3.8, 4) is 0 Å². The van der Waals surface area contributed by atoms with E-state index in [0.717, 1.165) is 25.4 Å². The van der Waals surface area contributed by atoms with E-state index in [2.05, 4.69) is 17.0 Å². The summed E-state index contributed by atoms with van der Waals surface area (Å²) in [7, 11) is 0. The van der Waals surface area contributed by atoms with Gasteiger partial charge >= 0.3 is 5.97 Å². The van der Waals surface area contributed by atoms with E-state index < -0.39 is 5.97 Å². The van der Waals surface area contributed by atoms with Crippen LogP contribution < -0.4 is 4.90 Å². The van der Waals surface area contributed by atoms with Crippen molar-refractivity contribution in [2.45, 2.75) is 25.7 Å². The Hall–Kier alpha value is -1.51. The maximum Gasteiger partial charge on any atom is 0.303 e. The molecule has 92 valence electrons. The molecule has 0 aliphatic heterocycles. The molecule has 0 radical (unpaired) electrons. The van der Waals surface area contributed by atoms with Crippen LogP contribution in [0.15, 0.2) is 30.3 Å². The molecule has 0 bridgehead atoms. The highest BCUT2D eigenvalue weighted by atomic mass is 16.4. The molecule has 1 N–H and O–H groups in total. The maximum absolute atomic E-state index is 10.5. The number of benzene rings is 1. The van der Waals surface area contributed by atoms with Gasteiger partial charge in [0.2, 0.25) is 0 Å². The van der Waals surface area contributed by atoms with E-state index in [1.54, 1.807) is 0 Å². The molecule has 1 aliphatic rings. The minimum absolute atomic E-state index is 0.258. The van der Waals surface area contributed by atoms with Crippen LogP contribution in [0.4, 0.5) is 5.69 Å². The van der Waals surface area contributed by atoms with Crippen molar-refractivity contribution in [2.75, 3.05) is 18.0 Å². The Bertz CT molecular complexity index is 360. The van der Waals surface area contributed by atoms with E-state index in [1.165, 1.54) is 18.5 Å². The van der Waals surface area contributed by atoms with Crippen LogP contribution in [0, 0.1) is 5.92 Å². The standard InChI is InChI=1S/C14H19NO2/c16-14(17)7-4-10-15(11-12-8-9-12)13-5-2-1-3-6-13/h1-3,5-6,12H,4,7-11H2,(H,16,17). The van der Waals surface area contributed by atoms with Crippen LogP contribution in [0.2, 0.25) is 0 Å². The summed E-state index contributed by atoms with van der Waals surface area (Å²) < 4.78 is 0. The van der Waals surface area contributed by atoms with Crippen LogP contribution in [0.25, 0.3) is 0 Å². The molecule has 17 heavy (non-hydrogen) atoms. The van der Waals surface area contributed by atoms with Gasteiger partial charge in [-0.05, 0) is 37.3 Å². The zero-order valence-electron chi connectivity index (χ0n) is 10.0. The summed E-state index contributed by atoms with van der Waals surface area (Å²) in [6.45, 7) is 1.91. The lowest BCUT2D eigenvalue weighted by Gasteiger charge is -2.24. The summed E-state index contributed by atoms with van der Waals surface area (Å²) in [5.41, 5.74) is 1.21. The monoisotopic (exact) mass is 233 g/mol. The number of aliphatic carboxylic acids is 1. The van der Waals surface area contributed by atoms with Gasteiger partial charge < -0.3 is 10.0 Å². The molecular weight excluding hydrogens is 214 g/mol. The van der Waals surface area contributed by atoms with Gasteiger partial charge in [-0.2, -0.15) is 0 Å². The molecule has 0 amide bonds. The molecule has 1 saturated carbocycles. The summed E-state index contributed by atoms with van der Waals surface area (Å²) in [5, 5.41) is 8.67. The lowest BCUT2D eigenvalue weighted by Crippen LogP contribution is -2.27. The first-order chi connectivity index (χ1) is 8.25. The Kier molecular flexibility index (Phi) is 4.02. The first kappa shape index (κ1) is 12.0. The summed E-state index contributed by atoms with van der Waals surface area (Å²) in [4.78, 5) is 12.9. The number of rotatable bonds is 7. The number of para-hydroxylation sites is 1. The Labute approximate surface area is 102 Å². The fourth-order valence-electron chi connectivity index (χ4n) is 2.00. The number of carbonyl (C=O) groups is 1. The molecule has 0 atom stereocenters. The van der Waals surface area contributed by atoms with Crippen LogP contribution in [-0.2, 0) is 4.79 Å². The van der Waals surface area contributed by atoms with Crippen molar-refractivity contribution < 1.29 is 9.90 Å². The van der Waals surface area contributed by atoms with Gasteiger partial charge in [0.15, 0.2) is 0 Å². The van der Waals surface area contributed by atoms with Gasteiger partial charge in [0, 0.05) is 25.2 Å². The second-order valence-corrected chi connectivity index (χ2v) is 4.72. The van der Waals surface area contributed by atoms with Crippen LogP contribution >= 0.6 is 0 Å². The summed E-state index contributed by atoms with van der Waals surface area (Å²) >= 11 is 0. The van der Waals surface area contributed by atoms with Gasteiger partial charge in [0.1, 0.15) is 0 Å². The van der Waals surface area contributed by atoms with E-state index in [-0.39, 0.29) is 6.42 Å². The first-order valence-corrected chi connectivity index (χ1v) is 6.27. The van der Waals surface area contributed by atoms with E-state index in [9.17, 15) is 4.79 Å². The van der Waals surface area contributed by atoms with Gasteiger partial charge in [-0.25, -0.2) is 0 Å². The van der Waals surface area contributed by atoms with Crippen LogP contribution in [-0.4, -0.2) is 24.2 Å². The number of hydrogen-bond donors (Lipinski definition) is 1. The van der Waals surface area contributed by atoms with Crippen molar-refractivity contribution in [2.24, 2.45) is 5.92 Å². The molecular formula is C14H19NO2.